The number of esters is 14. The normalized spacial score (nSPS) is 13.7. The lowest BCUT2D eigenvalue weighted by Crippen LogP contribution is -2.48. The maximum atomic E-state index is 13.3. The molecule has 0 aromatic carbocycles. The number of nitrogens with zero attached hydrogens (tertiary/aromatic N) is 6. The largest absolute Gasteiger partial charge is 0.462 e. The van der Waals surface area contributed by atoms with Crippen molar-refractivity contribution in [3.63, 3.8) is 0 Å². The summed E-state index contributed by atoms with van der Waals surface area (Å²) < 4.78 is 76.3. The van der Waals surface area contributed by atoms with E-state index in [4.69, 9.17) is 66.3 Å². The summed E-state index contributed by atoms with van der Waals surface area (Å²) in [6.45, 7) is 28.2. The number of ether oxygens (including phenoxy) is 14. The Morgan fingerprint density at radius 2 is 0.373 bits per heavy atom. The molecule has 0 bridgehead atoms. The maximum absolute atomic E-state index is 13.3. The lowest BCUT2D eigenvalue weighted by atomic mass is 10.1. The quantitative estimate of drug-likeness (QED) is 0.0310. The average molecular weight is 2260 g/mol. The highest BCUT2D eigenvalue weighted by atomic mass is 32.2. The van der Waals surface area contributed by atoms with Crippen LogP contribution < -0.4 is 0 Å². The Bertz CT molecular complexity index is 3210. The molecular formula is C109H196N6O28S7. The van der Waals surface area contributed by atoms with Gasteiger partial charge in [-0.3, -0.25) is 72.0 Å². The monoisotopic (exact) mass is 2260 g/mol. The van der Waals surface area contributed by atoms with Crippen LogP contribution in [0.25, 0.3) is 0 Å². The van der Waals surface area contributed by atoms with Crippen LogP contribution in [-0.2, 0) is 133 Å². The highest BCUT2D eigenvalue weighted by molar-refractivity contribution is 8.00. The summed E-state index contributed by atoms with van der Waals surface area (Å²) in [7, 11) is 4.12. The zero-order valence-corrected chi connectivity index (χ0v) is 99.8. The van der Waals surface area contributed by atoms with Gasteiger partial charge in [0, 0.05) is 162 Å². The van der Waals surface area contributed by atoms with E-state index in [1.165, 1.54) is 164 Å². The molecule has 1 aliphatic heterocycles. The lowest BCUT2D eigenvalue weighted by Gasteiger charge is -2.35. The molecule has 0 radical (unpaired) electrons. The average Bonchev–Trinajstić information content (AvgIpc) is 0.899. The first-order valence-corrected chi connectivity index (χ1v) is 64.1. The summed E-state index contributed by atoms with van der Waals surface area (Å²) in [5, 5.41) is 0. The van der Waals surface area contributed by atoms with Gasteiger partial charge in [-0.05, 0) is 62.8 Å². The van der Waals surface area contributed by atoms with E-state index >= 15 is 0 Å². The summed E-state index contributed by atoms with van der Waals surface area (Å²) in [5.74, 6) is -0.100. The van der Waals surface area contributed by atoms with Crippen molar-refractivity contribution in [2.45, 2.75) is 275 Å². The van der Waals surface area contributed by atoms with Crippen molar-refractivity contribution in [3.05, 3.63) is 0 Å². The molecule has 0 saturated carbocycles. The first kappa shape index (κ1) is 143. The number of likely N-dealkylation sites (N-methyl/N-ethyl adjacent to an activating group) is 1. The van der Waals surface area contributed by atoms with Gasteiger partial charge < -0.3 is 90.8 Å². The van der Waals surface area contributed by atoms with Crippen molar-refractivity contribution in [3.8, 4) is 0 Å². The number of unbranched alkanes of at least 4 members (excludes halogenated alkanes) is 20. The minimum absolute atomic E-state index is 0.0150. The second kappa shape index (κ2) is 99.3. The molecule has 7 unspecified atom stereocenters. The van der Waals surface area contributed by atoms with Gasteiger partial charge in [0.1, 0.15) is 92.5 Å². The Labute approximate surface area is 930 Å². The third-order valence-corrected chi connectivity index (χ3v) is 33.4. The summed E-state index contributed by atoms with van der Waals surface area (Å²) in [4.78, 5) is 194. The first-order chi connectivity index (χ1) is 72.4. The van der Waals surface area contributed by atoms with Crippen LogP contribution >= 0.6 is 82.3 Å². The van der Waals surface area contributed by atoms with E-state index in [9.17, 15) is 67.1 Å². The standard InChI is InChI=1S/C109H196N6O28S7/c1-14-18-22-26-30-34-75-144-82-89(5)103(123)137-68-61-130-96(116)38-45-111(46-39-97(117)131-62-69-138-104(124)90(6)83-145-76-35-31-27-23-19-15-2)58-79-148-86-93(9)107(127)141-72-65-134-100(120)42-49-113(60-81-150-88-95(11)109(129)143-74-67-136-102(122)44-51-114-54-56-115(57-55-114)53-52-110(12)13)50-43-101(121)135-66-73-142-108(128)94(10)87-149-80-59-112(47-40-98(118)132-63-70-139-105(125)91(7)84-146-77-36-32-28-24-20-16-3)48-41-99(119)133-64-71-140-106(126)92(8)85-147-78-37-33-29-25-21-17-4/h89-95H,14-88H2,1-13H3. The molecule has 0 aromatic rings. The molecule has 150 heavy (non-hydrogen) atoms. The van der Waals surface area contributed by atoms with Crippen LogP contribution in [0, 0.1) is 41.4 Å². The number of hydrogen-bond donors (Lipinski definition) is 0. The fourth-order valence-electron chi connectivity index (χ4n) is 14.7. The van der Waals surface area contributed by atoms with Gasteiger partial charge >= 0.3 is 83.6 Å². The van der Waals surface area contributed by atoms with Crippen LogP contribution in [0.4, 0.5) is 0 Å². The maximum Gasteiger partial charge on any atom is 0.309 e. The predicted molar refractivity (Wildman–Crippen MR) is 605 cm³/mol. The highest BCUT2D eigenvalue weighted by Gasteiger charge is 2.27. The van der Waals surface area contributed by atoms with Crippen LogP contribution in [0.2, 0.25) is 0 Å². The Hall–Kier alpha value is -5.21. The molecule has 34 nitrogen and oxygen atoms in total. The lowest BCUT2D eigenvalue weighted by molar-refractivity contribution is -0.154. The van der Waals surface area contributed by atoms with Crippen molar-refractivity contribution in [1.82, 2.24) is 29.4 Å². The van der Waals surface area contributed by atoms with E-state index < -0.39 is 71.5 Å². The number of carbonyl (C=O) groups is 14. The Kier molecular flexibility index (Phi) is 94.6. The zero-order chi connectivity index (χ0) is 110. The number of rotatable bonds is 103. The molecule has 41 heteroatoms. The molecule has 1 aliphatic rings. The smallest absolute Gasteiger partial charge is 0.309 e. The molecule has 872 valence electrons. The van der Waals surface area contributed by atoms with E-state index in [1.54, 1.807) is 67.8 Å². The van der Waals surface area contributed by atoms with Gasteiger partial charge in [0.25, 0.3) is 0 Å². The van der Waals surface area contributed by atoms with Crippen LogP contribution in [0.1, 0.15) is 275 Å². The van der Waals surface area contributed by atoms with E-state index in [1.807, 2.05) is 42.4 Å². The van der Waals surface area contributed by atoms with Crippen molar-refractivity contribution >= 4 is 166 Å². The van der Waals surface area contributed by atoms with Crippen LogP contribution in [-0.4, -0.2) is 405 Å². The van der Waals surface area contributed by atoms with Crippen LogP contribution in [0.5, 0.6) is 0 Å². The highest BCUT2D eigenvalue weighted by Crippen LogP contribution is 2.23. The van der Waals surface area contributed by atoms with E-state index in [2.05, 4.69) is 56.5 Å². The molecule has 7 atom stereocenters. The SMILES string of the molecule is CCCCCCCCSCC(C)C(=O)OCCOC(=O)CCN(CCSCC(C)C(=O)OCCOC(=O)CCN(CCSCC(C)C(=O)OCCOC(=O)CCN1CCN(CCN(C)C)CC1)CCC(=O)OCCOC(=O)C(C)CSCCN(CCC(=O)OCCOC(=O)C(C)CSCCCCCCCC)CCC(=O)OCCOC(=O)C(C)CSCCCCCCCC)CCC(=O)OCCOC(=O)C(C)CSCCCCCCCC. The number of thioether (sulfide) groups is 7. The molecule has 1 saturated heterocycles. The number of carbonyl (C=O) groups excluding carboxylic acids is 14. The molecule has 0 spiro atoms. The molecule has 0 N–H and O–H groups in total. The predicted octanol–water partition coefficient (Wildman–Crippen LogP) is 16.4. The van der Waals surface area contributed by atoms with E-state index in [0.717, 1.165) is 88.0 Å². The van der Waals surface area contributed by atoms with Gasteiger partial charge in [-0.2, -0.15) is 82.3 Å². The molecule has 0 aromatic heterocycles. The van der Waals surface area contributed by atoms with Gasteiger partial charge in [-0.1, -0.05) is 205 Å². The van der Waals surface area contributed by atoms with Crippen molar-refractivity contribution < 1.29 is 133 Å². The third-order valence-electron chi connectivity index (χ3n) is 24.5. The Morgan fingerprint density at radius 1 is 0.207 bits per heavy atom. The minimum Gasteiger partial charge on any atom is -0.462 e. The van der Waals surface area contributed by atoms with Crippen molar-refractivity contribution in [1.29, 1.82) is 0 Å². The summed E-state index contributed by atoms with van der Waals surface area (Å²) in [6, 6.07) is 0. The van der Waals surface area contributed by atoms with E-state index in [-0.39, 0.29) is 230 Å². The fraction of sp³-hybridized carbons (Fsp3) is 0.872. The van der Waals surface area contributed by atoms with Gasteiger partial charge in [-0.15, -0.1) is 0 Å². The minimum atomic E-state index is -0.582. The van der Waals surface area contributed by atoms with Gasteiger partial charge in [0.05, 0.1) is 86.4 Å². The van der Waals surface area contributed by atoms with Crippen molar-refractivity contribution in [2.24, 2.45) is 41.4 Å². The van der Waals surface area contributed by atoms with E-state index in [0.29, 0.717) is 83.7 Å². The number of hydrogen-bond acceptors (Lipinski definition) is 41. The molecule has 1 fully saturated rings. The zero-order valence-electron chi connectivity index (χ0n) is 94.0. The second-order valence-corrected chi connectivity index (χ2v) is 46.9. The topological polar surface area (TPSA) is 388 Å². The van der Waals surface area contributed by atoms with Crippen LogP contribution in [0.15, 0.2) is 0 Å². The molecular weight excluding hydrogens is 2070 g/mol. The molecule has 1 heterocycles. The fourth-order valence-corrected chi connectivity index (χ4v) is 22.1. The van der Waals surface area contributed by atoms with Gasteiger partial charge in [-0.25, -0.2) is 0 Å². The van der Waals surface area contributed by atoms with Crippen LogP contribution in [0.3, 0.4) is 0 Å². The molecule has 1 rings (SSSR count). The Balaban J connectivity index is 2.99. The summed E-state index contributed by atoms with van der Waals surface area (Å²) >= 11 is 11.4. The van der Waals surface area contributed by atoms with Crippen molar-refractivity contribution in [2.75, 3.05) is 292 Å². The van der Waals surface area contributed by atoms with Gasteiger partial charge in [0.2, 0.25) is 0 Å². The molecule has 0 aliphatic carbocycles. The first-order valence-electron chi connectivity index (χ1n) is 56.0. The molecule has 0 amide bonds. The van der Waals surface area contributed by atoms with Gasteiger partial charge in [0.15, 0.2) is 0 Å². The number of piperazine rings is 1. The summed E-state index contributed by atoms with van der Waals surface area (Å²) in [5.41, 5.74) is 0. The second-order valence-electron chi connectivity index (χ2n) is 38.9. The summed E-state index contributed by atoms with van der Waals surface area (Å²) in [6.07, 6.45) is 28.9. The Morgan fingerprint density at radius 3 is 0.567 bits per heavy atom. The third kappa shape index (κ3) is 85.9.